The van der Waals surface area contributed by atoms with Crippen molar-refractivity contribution in [2.45, 2.75) is 25.1 Å². The van der Waals surface area contributed by atoms with Gasteiger partial charge in [0.15, 0.2) is 0 Å². The molecule has 0 bridgehead atoms. The molecule has 0 radical (unpaired) electrons. The first kappa shape index (κ1) is 32.2. The predicted molar refractivity (Wildman–Crippen MR) is 163 cm³/mol. The van der Waals surface area contributed by atoms with E-state index < -0.39 is 23.2 Å². The van der Waals surface area contributed by atoms with Crippen LogP contribution in [0.1, 0.15) is 34.3 Å². The Morgan fingerprint density at radius 1 is 1.07 bits per heavy atom. The first-order chi connectivity index (χ1) is 21.7. The van der Waals surface area contributed by atoms with Gasteiger partial charge in [-0.05, 0) is 61.4 Å². The van der Waals surface area contributed by atoms with Crippen LogP contribution in [-0.4, -0.2) is 75.7 Å². The van der Waals surface area contributed by atoms with Gasteiger partial charge < -0.3 is 15.1 Å². The number of nitriles is 1. The molecule has 11 nitrogen and oxygen atoms in total. The number of alkyl halides is 3. The van der Waals surface area contributed by atoms with Gasteiger partial charge in [0.1, 0.15) is 11.3 Å². The Morgan fingerprint density at radius 3 is 2.39 bits per heavy atom. The second-order valence-electron chi connectivity index (χ2n) is 12.3. The van der Waals surface area contributed by atoms with Crippen molar-refractivity contribution in [1.82, 2.24) is 29.8 Å². The van der Waals surface area contributed by atoms with Gasteiger partial charge in [-0.25, -0.2) is 9.36 Å². The summed E-state index contributed by atoms with van der Waals surface area (Å²) in [6.45, 7) is 1.28. The number of carbonyl (C=O) groups excluding carboxylic acids is 2. The van der Waals surface area contributed by atoms with Crippen LogP contribution in [0.5, 0.6) is 0 Å². The summed E-state index contributed by atoms with van der Waals surface area (Å²) < 4.78 is 45.3. The van der Waals surface area contributed by atoms with E-state index in [2.05, 4.69) is 15.7 Å². The fourth-order valence-corrected chi connectivity index (χ4v) is 5.44. The van der Waals surface area contributed by atoms with Gasteiger partial charge in [0.2, 0.25) is 5.91 Å². The molecule has 0 atom stereocenters. The minimum Gasteiger partial charge on any atom is -0.350 e. The van der Waals surface area contributed by atoms with Gasteiger partial charge in [0.25, 0.3) is 11.5 Å². The van der Waals surface area contributed by atoms with Crippen molar-refractivity contribution in [3.8, 4) is 28.8 Å². The Bertz CT molecular complexity index is 1870. The molecule has 0 unspecified atom stereocenters. The summed E-state index contributed by atoms with van der Waals surface area (Å²) in [5.41, 5.74) is -0.750. The quantitative estimate of drug-likeness (QED) is 0.273. The van der Waals surface area contributed by atoms with Crippen LogP contribution in [0, 0.1) is 17.2 Å². The number of benzene rings is 2. The van der Waals surface area contributed by atoms with Crippen molar-refractivity contribution in [1.29, 1.82) is 5.26 Å². The maximum absolute atomic E-state index is 14.0. The van der Waals surface area contributed by atoms with Gasteiger partial charge in [-0.1, -0.05) is 6.07 Å². The van der Waals surface area contributed by atoms with Crippen molar-refractivity contribution in [3.05, 3.63) is 87.8 Å². The van der Waals surface area contributed by atoms with E-state index in [1.54, 1.807) is 30.3 Å². The van der Waals surface area contributed by atoms with Crippen molar-refractivity contribution in [3.63, 3.8) is 0 Å². The highest BCUT2D eigenvalue weighted by molar-refractivity contribution is 6.00. The molecule has 1 aliphatic carbocycles. The number of halogens is 3. The van der Waals surface area contributed by atoms with Gasteiger partial charge in [-0.3, -0.25) is 19.1 Å². The Hall–Kier alpha value is -5.16. The number of quaternary nitrogens is 1. The van der Waals surface area contributed by atoms with Crippen LogP contribution in [0.15, 0.2) is 65.6 Å². The van der Waals surface area contributed by atoms with Crippen LogP contribution in [-0.2, 0) is 18.0 Å². The summed E-state index contributed by atoms with van der Waals surface area (Å²) >= 11 is 0. The zero-order valence-electron chi connectivity index (χ0n) is 25.8. The number of nitrogens with zero attached hydrogens (tertiary/aromatic N) is 6. The number of carbonyl (C=O) groups is 2. The molecular weight excluding hydrogens is 601 g/mol. The summed E-state index contributed by atoms with van der Waals surface area (Å²) in [5.74, 6) is -1.10. The molecule has 46 heavy (non-hydrogen) atoms. The number of rotatable bonds is 9. The second-order valence-corrected chi connectivity index (χ2v) is 12.3. The number of aromatic nitrogens is 4. The van der Waals surface area contributed by atoms with E-state index >= 15 is 0 Å². The Labute approximate surface area is 263 Å². The lowest BCUT2D eigenvalue weighted by Crippen LogP contribution is -2.51. The van der Waals surface area contributed by atoms with E-state index in [-0.39, 0.29) is 34.8 Å². The maximum atomic E-state index is 14.0. The summed E-state index contributed by atoms with van der Waals surface area (Å²) in [5, 5.41) is 19.3. The monoisotopic (exact) mass is 635 g/mol. The van der Waals surface area contributed by atoms with Gasteiger partial charge >= 0.3 is 6.18 Å². The van der Waals surface area contributed by atoms with Crippen LogP contribution < -0.4 is 16.2 Å². The van der Waals surface area contributed by atoms with E-state index in [0.717, 1.165) is 23.4 Å². The maximum Gasteiger partial charge on any atom is 0.416 e. The largest absolute Gasteiger partial charge is 0.416 e. The third kappa shape index (κ3) is 6.59. The Balaban J connectivity index is 1.50. The highest BCUT2D eigenvalue weighted by atomic mass is 19.4. The number of hydrogen-bond donors (Lipinski definition) is 2. The zero-order valence-corrected chi connectivity index (χ0v) is 25.8. The molecule has 5 rings (SSSR count). The highest BCUT2D eigenvalue weighted by Gasteiger charge is 2.38. The van der Waals surface area contributed by atoms with E-state index in [0.29, 0.717) is 40.8 Å². The molecule has 1 aliphatic rings. The SMILES string of the molecule is Cn1c(-c2ccnn2-c2ccc(C#N)cc2)c(C(=O)NC2CC(C(=O)NCC[N+](C)(C)C)C2)c(=O)n1-c1cccc(C(F)(F)F)c1. The average molecular weight is 636 g/mol. The topological polar surface area (TPSA) is 127 Å². The summed E-state index contributed by atoms with van der Waals surface area (Å²) in [6.07, 6.45) is -2.42. The molecule has 2 heterocycles. The predicted octanol–water partition coefficient (Wildman–Crippen LogP) is 3.25. The molecule has 2 N–H and O–H groups in total. The number of nitrogens with one attached hydrogen (secondary N) is 2. The Kier molecular flexibility index (Phi) is 8.64. The van der Waals surface area contributed by atoms with Crippen LogP contribution in [0.4, 0.5) is 13.2 Å². The molecule has 0 aliphatic heterocycles. The minimum atomic E-state index is -4.65. The minimum absolute atomic E-state index is 0.0821. The third-order valence-corrected chi connectivity index (χ3v) is 7.96. The van der Waals surface area contributed by atoms with Gasteiger partial charge in [0.05, 0.1) is 74.7 Å². The van der Waals surface area contributed by atoms with E-state index in [9.17, 15) is 32.8 Å². The molecular formula is C32H34F3N8O3+. The van der Waals surface area contributed by atoms with Gasteiger partial charge in [-0.2, -0.15) is 23.5 Å². The molecule has 0 spiro atoms. The van der Waals surface area contributed by atoms with Crippen molar-refractivity contribution in [2.24, 2.45) is 13.0 Å². The lowest BCUT2D eigenvalue weighted by atomic mass is 9.79. The first-order valence-electron chi connectivity index (χ1n) is 14.6. The third-order valence-electron chi connectivity index (χ3n) is 7.96. The second kappa shape index (κ2) is 12.3. The van der Waals surface area contributed by atoms with Gasteiger partial charge in [-0.15, -0.1) is 0 Å². The molecule has 240 valence electrons. The highest BCUT2D eigenvalue weighted by Crippen LogP contribution is 2.32. The average Bonchev–Trinajstić information content (AvgIpc) is 3.55. The molecule has 2 aromatic carbocycles. The van der Waals surface area contributed by atoms with Gasteiger partial charge in [0, 0.05) is 19.0 Å². The molecule has 1 saturated carbocycles. The van der Waals surface area contributed by atoms with E-state index in [1.807, 2.05) is 27.2 Å². The lowest BCUT2D eigenvalue weighted by Gasteiger charge is -2.35. The van der Waals surface area contributed by atoms with Crippen molar-refractivity contribution >= 4 is 11.8 Å². The fourth-order valence-electron chi connectivity index (χ4n) is 5.44. The fraction of sp³-hybridized carbons (Fsp3) is 0.344. The normalized spacial score (nSPS) is 16.4. The van der Waals surface area contributed by atoms with Crippen LogP contribution >= 0.6 is 0 Å². The molecule has 4 aromatic rings. The van der Waals surface area contributed by atoms with E-state index in [4.69, 9.17) is 0 Å². The first-order valence-corrected chi connectivity index (χ1v) is 14.6. The molecule has 14 heteroatoms. The number of likely N-dealkylation sites (N-methyl/N-ethyl adjacent to an activating group) is 1. The smallest absolute Gasteiger partial charge is 0.350 e. The van der Waals surface area contributed by atoms with Crippen LogP contribution in [0.2, 0.25) is 0 Å². The number of amides is 2. The van der Waals surface area contributed by atoms with Crippen molar-refractivity contribution in [2.75, 3.05) is 34.2 Å². The van der Waals surface area contributed by atoms with Crippen LogP contribution in [0.3, 0.4) is 0 Å². The molecule has 2 amide bonds. The van der Waals surface area contributed by atoms with Crippen LogP contribution in [0.25, 0.3) is 22.8 Å². The molecule has 0 saturated heterocycles. The Morgan fingerprint density at radius 2 is 1.76 bits per heavy atom. The zero-order chi connectivity index (χ0) is 33.4. The summed E-state index contributed by atoms with van der Waals surface area (Å²) in [6, 6.07) is 14.0. The molecule has 1 fully saturated rings. The lowest BCUT2D eigenvalue weighted by molar-refractivity contribution is -0.869. The van der Waals surface area contributed by atoms with E-state index in [1.165, 1.54) is 34.7 Å². The number of hydrogen-bond acceptors (Lipinski definition) is 5. The van der Waals surface area contributed by atoms with Crippen molar-refractivity contribution < 1.29 is 27.2 Å². The summed E-state index contributed by atoms with van der Waals surface area (Å²) in [7, 11) is 7.55. The standard InChI is InChI=1S/C32H33F3N8O3/c1-40-28(26-12-13-38-41(26)24-10-8-20(19-36)9-11-24)27(31(46)42(40)25-7-5-6-22(18-25)32(33,34)35)30(45)39-23-16-21(17-23)29(44)37-14-15-43(2,3)4/h5-13,18,21,23H,14-17H2,1-4H3,(H-,37,39,44,45)/p+1. The molecule has 2 aromatic heterocycles. The summed E-state index contributed by atoms with van der Waals surface area (Å²) in [4.78, 5) is 40.4.